The fourth-order valence-electron chi connectivity index (χ4n) is 14.8. The zero-order chi connectivity index (χ0) is 72.0. The molecule has 4 heterocycles. The molecule has 0 spiro atoms. The van der Waals surface area contributed by atoms with Gasteiger partial charge < -0.3 is 24.6 Å². The average molecular weight is 2130 g/mol. The predicted molar refractivity (Wildman–Crippen MR) is 443 cm³/mol. The van der Waals surface area contributed by atoms with Crippen molar-refractivity contribution in [2.75, 3.05) is 19.6 Å². The number of rotatable bonds is 16. The van der Waals surface area contributed by atoms with Crippen molar-refractivity contribution in [1.82, 2.24) is 9.97 Å². The van der Waals surface area contributed by atoms with Crippen LogP contribution in [0.25, 0.3) is 122 Å². The molecule has 0 amide bonds. The van der Waals surface area contributed by atoms with Crippen molar-refractivity contribution >= 4 is 33.7 Å². The monoisotopic (exact) mass is 2130 g/mol. The summed E-state index contributed by atoms with van der Waals surface area (Å²) in [5, 5.41) is 1.22. The Balaban J connectivity index is 0.000000201. The molecule has 0 atom stereocenters. The van der Waals surface area contributed by atoms with Gasteiger partial charge in [-0.1, -0.05) is 269 Å². The molecule has 0 aliphatic carbocycles. The molecule has 4 radical (unpaired) electrons. The maximum Gasteiger partial charge on any atom is 0.0598 e. The Labute approximate surface area is 702 Å². The summed E-state index contributed by atoms with van der Waals surface area (Å²) in [6, 6.07) is 122. The molecule has 0 fully saturated rings. The Hall–Kier alpha value is -10.3. The second kappa shape index (κ2) is 36.0. The van der Waals surface area contributed by atoms with Gasteiger partial charge in [-0.2, -0.15) is 36.4 Å². The van der Waals surface area contributed by atoms with E-state index in [2.05, 4.69) is 403 Å². The van der Waals surface area contributed by atoms with Crippen LogP contribution >= 0.6 is 0 Å². The molecule has 0 unspecified atom stereocenters. The largest absolute Gasteiger partial charge is 0.500 e. The molecule has 0 saturated carbocycles. The van der Waals surface area contributed by atoms with E-state index in [1.54, 1.807) is 0 Å². The molecule has 110 heavy (non-hydrogen) atoms. The number of pyridine rings is 2. The molecule has 15 aromatic rings. The van der Waals surface area contributed by atoms with Crippen LogP contribution in [0.1, 0.15) is 41.7 Å². The van der Waals surface area contributed by atoms with Crippen molar-refractivity contribution in [3.05, 3.63) is 400 Å². The van der Waals surface area contributed by atoms with Gasteiger partial charge in [0.05, 0.1) is 5.52 Å². The molecule has 0 N–H and O–H groups in total. The quantitative estimate of drug-likeness (QED) is 0.0898. The molecule has 2 aromatic heterocycles. The molecule has 0 bridgehead atoms. The number of fused-ring (bicyclic) bond motifs is 1. The van der Waals surface area contributed by atoms with E-state index in [0.717, 1.165) is 102 Å². The van der Waals surface area contributed by atoms with Crippen molar-refractivity contribution in [2.45, 2.75) is 48.0 Å². The number of hydrogen-bond donors (Lipinski definition) is 0. The molecule has 550 valence electrons. The average Bonchev–Trinajstić information content (AvgIpc) is 0.979. The minimum atomic E-state index is 0. The summed E-state index contributed by atoms with van der Waals surface area (Å²) in [6.45, 7) is 17.4. The van der Waals surface area contributed by atoms with E-state index < -0.39 is 0 Å². The van der Waals surface area contributed by atoms with Crippen molar-refractivity contribution in [3.63, 3.8) is 0 Å². The number of aryl methyl sites for hydroxylation is 4. The summed E-state index contributed by atoms with van der Waals surface area (Å²) in [5.41, 5.74) is 33.8. The van der Waals surface area contributed by atoms with Gasteiger partial charge in [-0.05, 0) is 163 Å². The van der Waals surface area contributed by atoms with Crippen LogP contribution in [0.15, 0.2) is 334 Å². The van der Waals surface area contributed by atoms with E-state index in [4.69, 9.17) is 9.97 Å². The third-order valence-corrected chi connectivity index (χ3v) is 19.6. The first-order valence-corrected chi connectivity index (χ1v) is 36.3. The molecule has 6 nitrogen and oxygen atoms in total. The molecule has 0 saturated heterocycles. The first-order chi connectivity index (χ1) is 52.0. The second-order valence-electron chi connectivity index (χ2n) is 27.9. The minimum Gasteiger partial charge on any atom is -0.500 e. The maximum atomic E-state index is 5.11. The molecule has 2 aliphatic heterocycles. The van der Waals surface area contributed by atoms with Crippen LogP contribution < -0.4 is 19.6 Å². The second-order valence-corrected chi connectivity index (χ2v) is 27.9. The molecular formula is C100H78Ir4N6-6. The van der Waals surface area contributed by atoms with E-state index >= 15 is 0 Å². The summed E-state index contributed by atoms with van der Waals surface area (Å²) < 4.78 is 0. The first-order valence-electron chi connectivity index (χ1n) is 36.3. The standard InChI is InChI=1S/C56H44N2.C44H34N4.4Ir/c1-37(2)31-44-17-11-21-55-48(44)28-29-54(58-55)42-24-22-41(23-25-42)49-18-12-19-51(56(49)47-33-38(3)32-39(4)34-47)50-27-26-46(53-20-8-9-30-57-53)36-52(50)45-16-10-15-43(35-45)40-13-6-5-7-14-40;1-33-28-34(2)30-37(29-33)44-42(35-16-20-40(21-17-35)47-26-24-45(31-47)38-10-5-3-6-11-38)14-9-15-43(44)36-18-22-41(23-19-36)48-27-25-46(32-48)39-12-7-4-8-13-39;;;;/h5-24,27-30,32-37H,31H2,1-4H3;3-20,22,24-32H,1-2H3;;;;/q-2;-4;;;;. The third kappa shape index (κ3) is 17.6. The molecule has 2 aliphatic rings. The Morgan fingerprint density at radius 2 is 0.800 bits per heavy atom. The molecule has 10 heteroatoms. The van der Waals surface area contributed by atoms with E-state index in [1.807, 2.05) is 30.5 Å². The van der Waals surface area contributed by atoms with E-state index in [0.29, 0.717) is 5.92 Å². The zero-order valence-corrected chi connectivity index (χ0v) is 71.3. The van der Waals surface area contributed by atoms with Gasteiger partial charge in [0.1, 0.15) is 0 Å². The van der Waals surface area contributed by atoms with Gasteiger partial charge in [-0.25, -0.2) is 0 Å². The Morgan fingerprint density at radius 3 is 1.32 bits per heavy atom. The SMILES string of the molecule is Cc1cc(C)cc(-c2c(-c3c[c-]c(-c4ccc5c(CC(C)C)cccc5n4)cc3)cccc2-c2c[c-]c(-c3ccccn3)cc2-c2cccc(-c3ccccc3)c2)c1.Cc1cc(C)cc(-c2c(-c3c[c-]c(N4C=CN(c5ccccc5)[CH-]4)cc3)cccc2-c2c[c-]c(N3C=CN(c4ccccc4)[CH-]3)cc2)c1.[Ir].[Ir].[Ir].[Ir]. The maximum absolute atomic E-state index is 5.11. The number of para-hydroxylation sites is 2. The van der Waals surface area contributed by atoms with E-state index in [9.17, 15) is 0 Å². The number of hydrogen-bond acceptors (Lipinski definition) is 6. The number of anilines is 4. The first kappa shape index (κ1) is 79.3. The van der Waals surface area contributed by atoms with Crippen LogP contribution in [0.3, 0.4) is 0 Å². The van der Waals surface area contributed by atoms with Crippen LogP contribution in [-0.2, 0) is 86.8 Å². The zero-order valence-electron chi connectivity index (χ0n) is 61.7. The predicted octanol–water partition coefficient (Wildman–Crippen LogP) is 25.4. The van der Waals surface area contributed by atoms with Gasteiger partial charge in [0, 0.05) is 103 Å². The fraction of sp³-hybridized carbons (Fsp3) is 0.0800. The number of aromatic nitrogens is 2. The molecular weight excluding hydrogens is 2050 g/mol. The summed E-state index contributed by atoms with van der Waals surface area (Å²) in [4.78, 5) is 18.2. The van der Waals surface area contributed by atoms with Crippen molar-refractivity contribution in [2.24, 2.45) is 5.92 Å². The topological polar surface area (TPSA) is 38.7 Å². The van der Waals surface area contributed by atoms with Crippen LogP contribution in [0.2, 0.25) is 0 Å². The Bertz CT molecular complexity index is 5550. The van der Waals surface area contributed by atoms with Crippen LogP contribution in [0.5, 0.6) is 0 Å². The van der Waals surface area contributed by atoms with Crippen molar-refractivity contribution in [3.8, 4) is 112 Å². The van der Waals surface area contributed by atoms with Gasteiger partial charge >= 0.3 is 0 Å². The van der Waals surface area contributed by atoms with Gasteiger partial charge in [0.2, 0.25) is 0 Å². The summed E-state index contributed by atoms with van der Waals surface area (Å²) >= 11 is 0. The molecule has 17 rings (SSSR count). The fourth-order valence-corrected chi connectivity index (χ4v) is 14.8. The summed E-state index contributed by atoms with van der Waals surface area (Å²) in [5.74, 6) is 0.583. The van der Waals surface area contributed by atoms with Crippen LogP contribution in [-0.4, -0.2) is 9.97 Å². The number of nitrogens with zero attached hydrogens (tertiary/aromatic N) is 6. The number of benzene rings is 13. The normalized spacial score (nSPS) is 12.1. The van der Waals surface area contributed by atoms with Crippen molar-refractivity contribution < 1.29 is 80.4 Å². The Morgan fingerprint density at radius 1 is 0.327 bits per heavy atom. The Kier molecular flexibility index (Phi) is 26.0. The van der Waals surface area contributed by atoms with E-state index in [-0.39, 0.29) is 80.4 Å². The van der Waals surface area contributed by atoms with E-state index in [1.165, 1.54) is 77.7 Å². The van der Waals surface area contributed by atoms with Gasteiger partial charge in [-0.15, -0.1) is 102 Å². The summed E-state index contributed by atoms with van der Waals surface area (Å²) in [6.07, 6.45) is 11.1. The van der Waals surface area contributed by atoms with Crippen molar-refractivity contribution in [1.29, 1.82) is 0 Å². The third-order valence-electron chi connectivity index (χ3n) is 19.6. The van der Waals surface area contributed by atoms with Crippen LogP contribution in [0.4, 0.5) is 22.7 Å². The smallest absolute Gasteiger partial charge is 0.0598 e. The van der Waals surface area contributed by atoms with Gasteiger partial charge in [0.15, 0.2) is 0 Å². The van der Waals surface area contributed by atoms with Gasteiger partial charge in [0.25, 0.3) is 0 Å². The summed E-state index contributed by atoms with van der Waals surface area (Å²) in [7, 11) is 0. The molecule has 13 aromatic carbocycles. The van der Waals surface area contributed by atoms with Crippen LogP contribution in [0, 0.1) is 71.2 Å². The van der Waals surface area contributed by atoms with Gasteiger partial charge in [-0.3, -0.25) is 4.98 Å². The minimum absolute atomic E-state index is 0.